The van der Waals surface area contributed by atoms with E-state index >= 15 is 0 Å². The van der Waals surface area contributed by atoms with Gasteiger partial charge in [0.25, 0.3) is 0 Å². The SMILES string of the molecule is CN(C(=O)CCC(F)(F)F)c1cn(-c2cncc(Cl)c2)nc1Cl. The quantitative estimate of drug-likeness (QED) is 0.824. The van der Waals surface area contributed by atoms with Crippen molar-refractivity contribution in [2.24, 2.45) is 0 Å². The van der Waals surface area contributed by atoms with Crippen LogP contribution in [0.25, 0.3) is 5.69 Å². The fraction of sp³-hybridized carbons (Fsp3) is 0.308. The Morgan fingerprint density at radius 3 is 2.65 bits per heavy atom. The fourth-order valence-electron chi connectivity index (χ4n) is 1.78. The van der Waals surface area contributed by atoms with Crippen LogP contribution in [0, 0.1) is 0 Å². The lowest BCUT2D eigenvalue weighted by atomic mass is 10.2. The van der Waals surface area contributed by atoms with Gasteiger partial charge in [-0.05, 0) is 6.07 Å². The van der Waals surface area contributed by atoms with Crippen molar-refractivity contribution in [1.29, 1.82) is 0 Å². The predicted octanol–water partition coefficient (Wildman–Crippen LogP) is 3.88. The third kappa shape index (κ3) is 4.59. The number of rotatable bonds is 4. The zero-order valence-corrected chi connectivity index (χ0v) is 13.3. The van der Waals surface area contributed by atoms with Gasteiger partial charge < -0.3 is 4.90 Å². The molecule has 0 saturated carbocycles. The van der Waals surface area contributed by atoms with Gasteiger partial charge in [-0.1, -0.05) is 23.2 Å². The van der Waals surface area contributed by atoms with Crippen LogP contribution in [-0.4, -0.2) is 33.9 Å². The number of alkyl halides is 3. The van der Waals surface area contributed by atoms with Gasteiger partial charge in [0.1, 0.15) is 5.69 Å². The highest BCUT2D eigenvalue weighted by Crippen LogP contribution is 2.27. The summed E-state index contributed by atoms with van der Waals surface area (Å²) in [4.78, 5) is 16.8. The lowest BCUT2D eigenvalue weighted by Crippen LogP contribution is -2.27. The minimum atomic E-state index is -4.39. The summed E-state index contributed by atoms with van der Waals surface area (Å²) in [5.74, 6) is -0.715. The summed E-state index contributed by atoms with van der Waals surface area (Å²) < 4.78 is 37.9. The second kappa shape index (κ2) is 6.76. The van der Waals surface area contributed by atoms with Gasteiger partial charge in [0, 0.05) is 19.7 Å². The van der Waals surface area contributed by atoms with E-state index in [1.165, 1.54) is 30.3 Å². The molecule has 0 aromatic carbocycles. The molecule has 0 atom stereocenters. The van der Waals surface area contributed by atoms with Gasteiger partial charge in [-0.25, -0.2) is 4.68 Å². The van der Waals surface area contributed by atoms with E-state index in [2.05, 4.69) is 10.1 Å². The molecule has 2 aromatic rings. The van der Waals surface area contributed by atoms with Gasteiger partial charge in [0.15, 0.2) is 5.15 Å². The van der Waals surface area contributed by atoms with Crippen molar-refractivity contribution in [3.8, 4) is 5.69 Å². The van der Waals surface area contributed by atoms with E-state index in [-0.39, 0.29) is 10.8 Å². The Labute approximate surface area is 139 Å². The minimum Gasteiger partial charge on any atom is -0.311 e. The second-order valence-electron chi connectivity index (χ2n) is 4.68. The number of nitrogens with zero attached hydrogens (tertiary/aromatic N) is 4. The van der Waals surface area contributed by atoms with Gasteiger partial charge >= 0.3 is 6.18 Å². The number of amides is 1. The summed E-state index contributed by atoms with van der Waals surface area (Å²) in [7, 11) is 1.34. The van der Waals surface area contributed by atoms with Crippen LogP contribution in [0.1, 0.15) is 12.8 Å². The Kier molecular flexibility index (Phi) is 5.16. The molecule has 2 heterocycles. The second-order valence-corrected chi connectivity index (χ2v) is 5.47. The van der Waals surface area contributed by atoms with Crippen molar-refractivity contribution >= 4 is 34.8 Å². The van der Waals surface area contributed by atoms with Crippen LogP contribution in [0.4, 0.5) is 18.9 Å². The van der Waals surface area contributed by atoms with E-state index in [1.54, 1.807) is 6.07 Å². The molecule has 5 nitrogen and oxygen atoms in total. The van der Waals surface area contributed by atoms with Gasteiger partial charge in [-0.2, -0.15) is 18.3 Å². The average molecular weight is 367 g/mol. The summed E-state index contributed by atoms with van der Waals surface area (Å²) in [6.07, 6.45) is -1.92. The topological polar surface area (TPSA) is 51.0 Å². The third-order valence-electron chi connectivity index (χ3n) is 2.96. The van der Waals surface area contributed by atoms with E-state index in [1.807, 2.05) is 0 Å². The number of hydrogen-bond acceptors (Lipinski definition) is 3. The Morgan fingerprint density at radius 1 is 1.35 bits per heavy atom. The summed E-state index contributed by atoms with van der Waals surface area (Å²) in [5.41, 5.74) is 0.695. The van der Waals surface area contributed by atoms with E-state index in [0.717, 1.165) is 4.90 Å². The molecule has 1 amide bonds. The molecule has 0 aliphatic heterocycles. The average Bonchev–Trinajstić information content (AvgIpc) is 2.85. The molecular formula is C13H11Cl2F3N4O. The molecule has 0 unspecified atom stereocenters. The first-order chi connectivity index (χ1) is 10.7. The van der Waals surface area contributed by atoms with Crippen LogP contribution < -0.4 is 4.90 Å². The zero-order valence-electron chi connectivity index (χ0n) is 11.8. The molecule has 0 aliphatic carbocycles. The standard InChI is InChI=1S/C13H11Cl2F3N4O/c1-21(11(23)2-3-13(16,17)18)10-7-22(20-12(10)15)9-4-8(14)5-19-6-9/h4-7H,2-3H2,1H3. The first kappa shape index (κ1) is 17.6. The molecule has 0 N–H and O–H groups in total. The monoisotopic (exact) mass is 366 g/mol. The van der Waals surface area contributed by atoms with Crippen molar-refractivity contribution in [2.45, 2.75) is 19.0 Å². The van der Waals surface area contributed by atoms with Gasteiger partial charge in [-0.15, -0.1) is 0 Å². The van der Waals surface area contributed by atoms with E-state index in [9.17, 15) is 18.0 Å². The van der Waals surface area contributed by atoms with Crippen LogP contribution in [0.15, 0.2) is 24.7 Å². The zero-order chi connectivity index (χ0) is 17.2. The van der Waals surface area contributed by atoms with Crippen molar-refractivity contribution in [1.82, 2.24) is 14.8 Å². The summed E-state index contributed by atoms with van der Waals surface area (Å²) >= 11 is 11.8. The molecule has 10 heteroatoms. The highest BCUT2D eigenvalue weighted by atomic mass is 35.5. The van der Waals surface area contributed by atoms with Crippen LogP contribution >= 0.6 is 23.2 Å². The molecule has 0 radical (unpaired) electrons. The van der Waals surface area contributed by atoms with Gasteiger partial charge in [0.05, 0.1) is 29.5 Å². The third-order valence-corrected chi connectivity index (χ3v) is 3.44. The largest absolute Gasteiger partial charge is 0.389 e. The first-order valence-electron chi connectivity index (χ1n) is 6.37. The van der Waals surface area contributed by atoms with Crippen LogP contribution in [0.3, 0.4) is 0 Å². The number of hydrogen-bond donors (Lipinski definition) is 0. The molecular weight excluding hydrogens is 356 g/mol. The molecule has 0 spiro atoms. The van der Waals surface area contributed by atoms with Crippen molar-refractivity contribution in [2.75, 3.05) is 11.9 Å². The highest BCUT2D eigenvalue weighted by Gasteiger charge is 2.29. The summed E-state index contributed by atoms with van der Waals surface area (Å²) in [6, 6.07) is 1.58. The number of carbonyl (C=O) groups excluding carboxylic acids is 1. The van der Waals surface area contributed by atoms with Crippen LogP contribution in [0.5, 0.6) is 0 Å². The first-order valence-corrected chi connectivity index (χ1v) is 7.12. The smallest absolute Gasteiger partial charge is 0.311 e. The maximum atomic E-state index is 12.2. The van der Waals surface area contributed by atoms with Crippen LogP contribution in [-0.2, 0) is 4.79 Å². The molecule has 0 bridgehead atoms. The lowest BCUT2D eigenvalue weighted by molar-refractivity contribution is -0.142. The normalized spacial score (nSPS) is 11.6. The van der Waals surface area contributed by atoms with E-state index in [4.69, 9.17) is 23.2 Å². The number of aromatic nitrogens is 3. The van der Waals surface area contributed by atoms with Crippen molar-refractivity contribution in [3.05, 3.63) is 34.8 Å². The fourth-order valence-corrected chi connectivity index (χ4v) is 2.20. The molecule has 0 fully saturated rings. The Morgan fingerprint density at radius 2 is 2.04 bits per heavy atom. The molecule has 124 valence electrons. The number of pyridine rings is 1. The Bertz CT molecular complexity index is 717. The van der Waals surface area contributed by atoms with Gasteiger partial charge in [-0.3, -0.25) is 9.78 Å². The number of carbonyl (C=O) groups is 1. The number of anilines is 1. The molecule has 0 aliphatic rings. The van der Waals surface area contributed by atoms with Gasteiger partial charge in [0.2, 0.25) is 5.91 Å². The molecule has 0 saturated heterocycles. The predicted molar refractivity (Wildman–Crippen MR) is 80.1 cm³/mol. The minimum absolute atomic E-state index is 0.0205. The number of halogens is 5. The van der Waals surface area contributed by atoms with Crippen molar-refractivity contribution in [3.63, 3.8) is 0 Å². The maximum Gasteiger partial charge on any atom is 0.389 e. The Balaban J connectivity index is 2.19. The molecule has 2 aromatic heterocycles. The summed E-state index contributed by atoms with van der Waals surface area (Å²) in [6.45, 7) is 0. The lowest BCUT2D eigenvalue weighted by Gasteiger charge is -2.16. The Hall–Kier alpha value is -1.80. The van der Waals surface area contributed by atoms with Crippen molar-refractivity contribution < 1.29 is 18.0 Å². The molecule has 23 heavy (non-hydrogen) atoms. The maximum absolute atomic E-state index is 12.2. The highest BCUT2D eigenvalue weighted by molar-refractivity contribution is 6.32. The molecule has 2 rings (SSSR count). The van der Waals surface area contributed by atoms with Crippen LogP contribution in [0.2, 0.25) is 10.2 Å². The summed E-state index contributed by atoms with van der Waals surface area (Å²) in [5, 5.41) is 4.36. The van der Waals surface area contributed by atoms with E-state index in [0.29, 0.717) is 10.7 Å². The van der Waals surface area contributed by atoms with E-state index < -0.39 is 24.9 Å².